The van der Waals surface area contributed by atoms with Gasteiger partial charge in [-0.3, -0.25) is 4.68 Å². The van der Waals surface area contributed by atoms with Gasteiger partial charge < -0.3 is 0 Å². The Kier molecular flexibility index (Phi) is 2.15. The molecule has 2 heteroatoms. The highest BCUT2D eigenvalue weighted by atomic mass is 15.2. The van der Waals surface area contributed by atoms with Gasteiger partial charge in [-0.1, -0.05) is 25.7 Å². The van der Waals surface area contributed by atoms with E-state index >= 15 is 0 Å². The molecule has 1 aromatic heterocycles. The first-order valence-electron chi connectivity index (χ1n) is 4.83. The Bertz CT molecular complexity index is 246. The number of rotatable bonds is 2. The number of aryl methyl sites for hydroxylation is 1. The number of hydrogen-bond acceptors (Lipinski definition) is 1. The summed E-state index contributed by atoms with van der Waals surface area (Å²) in [6.07, 6.45) is 8.91. The van der Waals surface area contributed by atoms with Gasteiger partial charge in [-0.15, -0.1) is 0 Å². The molecule has 0 spiro atoms. The molecule has 1 saturated carbocycles. The highest BCUT2D eigenvalue weighted by molar-refractivity contribution is 5.00. The smallest absolute Gasteiger partial charge is 0.0627 e. The van der Waals surface area contributed by atoms with Crippen molar-refractivity contribution in [2.45, 2.75) is 32.1 Å². The highest BCUT2D eigenvalue weighted by Crippen LogP contribution is 2.27. The molecule has 0 radical (unpaired) electrons. The van der Waals surface area contributed by atoms with Gasteiger partial charge in [0, 0.05) is 13.2 Å². The van der Waals surface area contributed by atoms with Crippen molar-refractivity contribution < 1.29 is 0 Å². The van der Waals surface area contributed by atoms with Gasteiger partial charge in [0.25, 0.3) is 0 Å². The number of nitrogens with zero attached hydrogens (tertiary/aromatic N) is 2. The van der Waals surface area contributed by atoms with E-state index in [4.69, 9.17) is 0 Å². The van der Waals surface area contributed by atoms with Crippen LogP contribution in [-0.2, 0) is 13.5 Å². The first kappa shape index (κ1) is 7.84. The van der Waals surface area contributed by atoms with E-state index in [9.17, 15) is 0 Å². The summed E-state index contributed by atoms with van der Waals surface area (Å²) >= 11 is 0. The van der Waals surface area contributed by atoms with Gasteiger partial charge in [-0.25, -0.2) is 0 Å². The van der Waals surface area contributed by atoms with Gasteiger partial charge in [0.1, 0.15) is 0 Å². The maximum absolute atomic E-state index is 4.39. The van der Waals surface area contributed by atoms with E-state index in [-0.39, 0.29) is 0 Å². The quantitative estimate of drug-likeness (QED) is 0.655. The molecular formula is C10H16N2. The Morgan fingerprint density at radius 3 is 2.83 bits per heavy atom. The highest BCUT2D eigenvalue weighted by Gasteiger charge is 2.15. The van der Waals surface area contributed by atoms with Crippen LogP contribution in [0, 0.1) is 5.92 Å². The Labute approximate surface area is 73.6 Å². The van der Waals surface area contributed by atoms with E-state index in [1.54, 1.807) is 0 Å². The lowest BCUT2D eigenvalue weighted by Crippen LogP contribution is -2.00. The summed E-state index contributed by atoms with van der Waals surface area (Å²) in [7, 11) is 1.98. The Hall–Kier alpha value is -0.790. The normalized spacial score (nSPS) is 18.8. The molecule has 0 unspecified atom stereocenters. The lowest BCUT2D eigenvalue weighted by Gasteiger charge is -2.04. The van der Waals surface area contributed by atoms with Crippen LogP contribution in [0.3, 0.4) is 0 Å². The van der Waals surface area contributed by atoms with Crippen molar-refractivity contribution in [3.8, 4) is 0 Å². The fourth-order valence-corrected chi connectivity index (χ4v) is 2.08. The average Bonchev–Trinajstić information content (AvgIpc) is 2.63. The molecule has 1 aliphatic carbocycles. The second kappa shape index (κ2) is 3.30. The van der Waals surface area contributed by atoms with Crippen molar-refractivity contribution in [1.29, 1.82) is 0 Å². The fourth-order valence-electron chi connectivity index (χ4n) is 2.08. The molecule has 2 rings (SSSR count). The number of aromatic nitrogens is 2. The standard InChI is InChI=1S/C10H16N2/c1-12-7-6-10(11-12)8-9-4-2-3-5-9/h6-7,9H,2-5,8H2,1H3. The third kappa shape index (κ3) is 1.68. The number of hydrogen-bond donors (Lipinski definition) is 0. The van der Waals surface area contributed by atoms with Crippen LogP contribution in [0.25, 0.3) is 0 Å². The van der Waals surface area contributed by atoms with Gasteiger partial charge in [0.2, 0.25) is 0 Å². The molecule has 0 aromatic carbocycles. The van der Waals surface area contributed by atoms with Crippen molar-refractivity contribution in [2.24, 2.45) is 13.0 Å². The Morgan fingerprint density at radius 2 is 2.25 bits per heavy atom. The largest absolute Gasteiger partial charge is 0.276 e. The zero-order chi connectivity index (χ0) is 8.39. The summed E-state index contributed by atoms with van der Waals surface area (Å²) in [5.74, 6) is 0.917. The third-order valence-corrected chi connectivity index (χ3v) is 2.74. The van der Waals surface area contributed by atoms with Gasteiger partial charge in [0.15, 0.2) is 0 Å². The molecule has 0 amide bonds. The third-order valence-electron chi connectivity index (χ3n) is 2.74. The fraction of sp³-hybridized carbons (Fsp3) is 0.700. The molecule has 1 aromatic rings. The minimum atomic E-state index is 0.917. The zero-order valence-electron chi connectivity index (χ0n) is 7.66. The summed E-state index contributed by atoms with van der Waals surface area (Å²) in [5.41, 5.74) is 1.27. The maximum Gasteiger partial charge on any atom is 0.0627 e. The lowest BCUT2D eigenvalue weighted by molar-refractivity contribution is 0.534. The van der Waals surface area contributed by atoms with Gasteiger partial charge in [0.05, 0.1) is 5.69 Å². The molecule has 66 valence electrons. The van der Waals surface area contributed by atoms with Gasteiger partial charge >= 0.3 is 0 Å². The predicted octanol–water partition coefficient (Wildman–Crippen LogP) is 2.15. The van der Waals surface area contributed by atoms with Crippen molar-refractivity contribution >= 4 is 0 Å². The average molecular weight is 164 g/mol. The summed E-state index contributed by atoms with van der Waals surface area (Å²) in [6, 6.07) is 2.14. The van der Waals surface area contributed by atoms with Crippen LogP contribution >= 0.6 is 0 Å². The summed E-state index contributed by atoms with van der Waals surface area (Å²) in [5, 5.41) is 4.39. The van der Waals surface area contributed by atoms with E-state index in [0.29, 0.717) is 0 Å². The van der Waals surface area contributed by atoms with E-state index in [2.05, 4.69) is 11.2 Å². The molecule has 2 nitrogen and oxygen atoms in total. The molecule has 1 aliphatic rings. The molecule has 0 aliphatic heterocycles. The van der Waals surface area contributed by atoms with Gasteiger partial charge in [-0.2, -0.15) is 5.10 Å². The second-order valence-electron chi connectivity index (χ2n) is 3.84. The van der Waals surface area contributed by atoms with Crippen molar-refractivity contribution in [2.75, 3.05) is 0 Å². The van der Waals surface area contributed by atoms with Crippen LogP contribution in [0.1, 0.15) is 31.4 Å². The van der Waals surface area contributed by atoms with Crippen LogP contribution in [0.15, 0.2) is 12.3 Å². The van der Waals surface area contributed by atoms with E-state index in [0.717, 1.165) is 5.92 Å². The topological polar surface area (TPSA) is 17.8 Å². The monoisotopic (exact) mass is 164 g/mol. The summed E-state index contributed by atoms with van der Waals surface area (Å²) < 4.78 is 1.89. The first-order valence-corrected chi connectivity index (χ1v) is 4.83. The van der Waals surface area contributed by atoms with Crippen LogP contribution in [0.2, 0.25) is 0 Å². The van der Waals surface area contributed by atoms with Crippen LogP contribution in [0.4, 0.5) is 0 Å². The van der Waals surface area contributed by atoms with Gasteiger partial charge in [-0.05, 0) is 18.4 Å². The Balaban J connectivity index is 1.94. The molecule has 1 heterocycles. The van der Waals surface area contributed by atoms with E-state index in [1.165, 1.54) is 37.8 Å². The molecule has 1 fully saturated rings. The van der Waals surface area contributed by atoms with Crippen LogP contribution < -0.4 is 0 Å². The summed E-state index contributed by atoms with van der Waals surface area (Å²) in [4.78, 5) is 0. The predicted molar refractivity (Wildman–Crippen MR) is 48.9 cm³/mol. The minimum absolute atomic E-state index is 0.917. The maximum atomic E-state index is 4.39. The van der Waals surface area contributed by atoms with Crippen molar-refractivity contribution in [1.82, 2.24) is 9.78 Å². The SMILES string of the molecule is Cn1ccc(CC2CCCC2)n1. The van der Waals surface area contributed by atoms with Crippen molar-refractivity contribution in [3.05, 3.63) is 18.0 Å². The molecule has 0 N–H and O–H groups in total. The molecule has 12 heavy (non-hydrogen) atoms. The van der Waals surface area contributed by atoms with Crippen LogP contribution in [0.5, 0.6) is 0 Å². The zero-order valence-corrected chi connectivity index (χ0v) is 7.66. The molecule has 0 bridgehead atoms. The van der Waals surface area contributed by atoms with E-state index in [1.807, 2.05) is 17.9 Å². The van der Waals surface area contributed by atoms with E-state index < -0.39 is 0 Å². The Morgan fingerprint density at radius 1 is 1.50 bits per heavy atom. The van der Waals surface area contributed by atoms with Crippen molar-refractivity contribution in [3.63, 3.8) is 0 Å². The molecule has 0 atom stereocenters. The van der Waals surface area contributed by atoms with Crippen LogP contribution in [-0.4, -0.2) is 9.78 Å². The summed E-state index contributed by atoms with van der Waals surface area (Å²) in [6.45, 7) is 0. The minimum Gasteiger partial charge on any atom is -0.276 e. The lowest BCUT2D eigenvalue weighted by atomic mass is 10.0. The first-order chi connectivity index (χ1) is 5.84. The molecule has 0 saturated heterocycles. The second-order valence-corrected chi connectivity index (χ2v) is 3.84. The molecular weight excluding hydrogens is 148 g/mol.